The second-order valence-corrected chi connectivity index (χ2v) is 11.8. The molecular formula is C30H18Cl2F6O2S. The van der Waals surface area contributed by atoms with Gasteiger partial charge in [0.15, 0.2) is 44.7 Å². The van der Waals surface area contributed by atoms with E-state index in [9.17, 15) is 34.8 Å². The average molecular weight is 627 g/mol. The highest BCUT2D eigenvalue weighted by molar-refractivity contribution is 7.92. The third-order valence-corrected chi connectivity index (χ3v) is 8.91. The SMILES string of the molecule is O=S(=O)(C(C=Cc1ccc(F)c(F)c1F)c1ccc(Cl)cc1)C(C=Cc1ccc(F)c(F)c1F)c1ccc(Cl)cc1. The van der Waals surface area contributed by atoms with Crippen molar-refractivity contribution in [2.24, 2.45) is 0 Å². The highest BCUT2D eigenvalue weighted by atomic mass is 35.5. The molecule has 0 aliphatic heterocycles. The third kappa shape index (κ3) is 6.69. The van der Waals surface area contributed by atoms with Gasteiger partial charge in [0.1, 0.15) is 10.5 Å². The van der Waals surface area contributed by atoms with Crippen LogP contribution in [0.2, 0.25) is 10.0 Å². The Morgan fingerprint density at radius 1 is 0.512 bits per heavy atom. The minimum absolute atomic E-state index is 0.181. The van der Waals surface area contributed by atoms with Crippen molar-refractivity contribution < 1.29 is 34.8 Å². The number of hydrogen-bond acceptors (Lipinski definition) is 2. The van der Waals surface area contributed by atoms with Crippen molar-refractivity contribution >= 4 is 45.2 Å². The zero-order valence-corrected chi connectivity index (χ0v) is 23.0. The Hall–Kier alpha value is -3.53. The van der Waals surface area contributed by atoms with Gasteiger partial charge < -0.3 is 0 Å². The van der Waals surface area contributed by atoms with Crippen LogP contribution in [0, 0.1) is 34.9 Å². The fourth-order valence-corrected chi connectivity index (χ4v) is 6.24. The maximum atomic E-state index is 14.4. The molecule has 0 bridgehead atoms. The molecule has 11 heteroatoms. The van der Waals surface area contributed by atoms with Gasteiger partial charge in [-0.15, -0.1) is 0 Å². The molecule has 0 heterocycles. The van der Waals surface area contributed by atoms with Gasteiger partial charge in [0, 0.05) is 21.2 Å². The Balaban J connectivity index is 1.88. The molecule has 0 aliphatic carbocycles. The normalized spacial score (nSPS) is 13.7. The Morgan fingerprint density at radius 2 is 0.854 bits per heavy atom. The van der Waals surface area contributed by atoms with Crippen molar-refractivity contribution in [3.63, 3.8) is 0 Å². The second kappa shape index (κ2) is 12.5. The first-order valence-corrected chi connectivity index (χ1v) is 14.1. The molecule has 0 fully saturated rings. The summed E-state index contributed by atoms with van der Waals surface area (Å²) < 4.78 is 112. The molecule has 0 saturated carbocycles. The van der Waals surface area contributed by atoms with E-state index in [2.05, 4.69) is 0 Å². The van der Waals surface area contributed by atoms with Gasteiger partial charge in [-0.1, -0.05) is 71.8 Å². The van der Waals surface area contributed by atoms with E-state index < -0.39 is 66.4 Å². The van der Waals surface area contributed by atoms with Crippen LogP contribution in [0.4, 0.5) is 26.3 Å². The molecule has 4 rings (SSSR count). The van der Waals surface area contributed by atoms with Gasteiger partial charge in [0.05, 0.1) is 0 Å². The maximum Gasteiger partial charge on any atom is 0.195 e. The molecule has 0 N–H and O–H groups in total. The van der Waals surface area contributed by atoms with Crippen molar-refractivity contribution in [1.82, 2.24) is 0 Å². The molecule has 2 nitrogen and oxygen atoms in total. The van der Waals surface area contributed by atoms with Crippen LogP contribution < -0.4 is 0 Å². The summed E-state index contributed by atoms with van der Waals surface area (Å²) in [5, 5.41) is -2.45. The van der Waals surface area contributed by atoms with Crippen LogP contribution in [0.3, 0.4) is 0 Å². The van der Waals surface area contributed by atoms with Crippen LogP contribution in [-0.2, 0) is 9.84 Å². The van der Waals surface area contributed by atoms with Gasteiger partial charge in [-0.05, 0) is 59.7 Å². The van der Waals surface area contributed by atoms with Crippen LogP contribution in [0.1, 0.15) is 32.8 Å². The first kappa shape index (κ1) is 30.4. The van der Waals surface area contributed by atoms with Crippen molar-refractivity contribution in [3.8, 4) is 0 Å². The lowest BCUT2D eigenvalue weighted by molar-refractivity contribution is 0.446. The number of benzene rings is 4. The van der Waals surface area contributed by atoms with E-state index in [0.717, 1.165) is 36.4 Å². The zero-order chi connectivity index (χ0) is 29.9. The molecule has 212 valence electrons. The number of hydrogen-bond donors (Lipinski definition) is 0. The van der Waals surface area contributed by atoms with Crippen LogP contribution in [0.15, 0.2) is 84.9 Å². The Kier molecular flexibility index (Phi) is 9.31. The van der Waals surface area contributed by atoms with Crippen LogP contribution in [0.25, 0.3) is 12.2 Å². The van der Waals surface area contributed by atoms with Crippen LogP contribution in [-0.4, -0.2) is 8.42 Å². The van der Waals surface area contributed by atoms with E-state index in [0.29, 0.717) is 22.2 Å². The molecule has 0 radical (unpaired) electrons. The second-order valence-electron chi connectivity index (χ2n) is 8.78. The summed E-state index contributed by atoms with van der Waals surface area (Å²) in [6.45, 7) is 0. The summed E-state index contributed by atoms with van der Waals surface area (Å²) in [6, 6.07) is 14.6. The van der Waals surface area contributed by atoms with Gasteiger partial charge in [-0.2, -0.15) is 0 Å². The molecule has 41 heavy (non-hydrogen) atoms. The number of halogens is 8. The topological polar surface area (TPSA) is 34.1 Å². The summed E-state index contributed by atoms with van der Waals surface area (Å²) in [6.07, 6.45) is 4.16. The minimum Gasteiger partial charge on any atom is -0.227 e. The molecule has 0 amide bonds. The monoisotopic (exact) mass is 626 g/mol. The van der Waals surface area contributed by atoms with Crippen molar-refractivity contribution in [2.45, 2.75) is 10.5 Å². The van der Waals surface area contributed by atoms with Gasteiger partial charge in [-0.3, -0.25) is 0 Å². The molecule has 0 aliphatic rings. The predicted octanol–water partition coefficient (Wildman–Crippen LogP) is 9.45. The quantitative estimate of drug-likeness (QED) is 0.144. The number of rotatable bonds is 8. The predicted molar refractivity (Wildman–Crippen MR) is 148 cm³/mol. The molecule has 0 spiro atoms. The van der Waals surface area contributed by atoms with E-state index in [-0.39, 0.29) is 11.1 Å². The fourth-order valence-electron chi connectivity index (χ4n) is 4.00. The molecule has 2 unspecified atom stereocenters. The zero-order valence-electron chi connectivity index (χ0n) is 20.6. The van der Waals surface area contributed by atoms with Crippen LogP contribution >= 0.6 is 23.2 Å². The Bertz CT molecular complexity index is 1620. The first-order chi connectivity index (χ1) is 19.4. The standard InChI is InChI=1S/C30H18Cl2F6O2S/c31-21-9-1-17(2-10-21)25(15-7-19-5-13-23(33)29(37)27(19)35)41(39,40)26(18-3-11-22(32)12-4-18)16-8-20-6-14-24(34)30(38)28(20)36/h1-16,25-26H. The van der Waals surface area contributed by atoms with Crippen molar-refractivity contribution in [1.29, 1.82) is 0 Å². The number of sulfone groups is 1. The molecular weight excluding hydrogens is 609 g/mol. The molecule has 0 aromatic heterocycles. The highest BCUT2D eigenvalue weighted by Crippen LogP contribution is 2.38. The lowest BCUT2D eigenvalue weighted by Gasteiger charge is -2.22. The summed E-state index contributed by atoms with van der Waals surface area (Å²) in [5.41, 5.74) is -0.471. The van der Waals surface area contributed by atoms with Crippen LogP contribution in [0.5, 0.6) is 0 Å². The highest BCUT2D eigenvalue weighted by Gasteiger charge is 2.34. The van der Waals surface area contributed by atoms with E-state index in [1.807, 2.05) is 0 Å². The maximum absolute atomic E-state index is 14.4. The van der Waals surface area contributed by atoms with Gasteiger partial charge in [0.25, 0.3) is 0 Å². The molecule has 4 aromatic rings. The first-order valence-electron chi connectivity index (χ1n) is 11.8. The Morgan fingerprint density at radius 3 is 1.20 bits per heavy atom. The average Bonchev–Trinajstić information content (AvgIpc) is 2.94. The Labute approximate surface area is 242 Å². The summed E-state index contributed by atoms with van der Waals surface area (Å²) in [7, 11) is -4.44. The third-order valence-electron chi connectivity index (χ3n) is 6.14. The van der Waals surface area contributed by atoms with Crippen molar-refractivity contribution in [3.05, 3.63) is 152 Å². The minimum atomic E-state index is -4.44. The fraction of sp³-hybridized carbons (Fsp3) is 0.0667. The van der Waals surface area contributed by atoms with E-state index in [1.54, 1.807) is 0 Å². The summed E-state index contributed by atoms with van der Waals surface area (Å²) in [4.78, 5) is 0. The van der Waals surface area contributed by atoms with Crippen molar-refractivity contribution in [2.75, 3.05) is 0 Å². The lowest BCUT2D eigenvalue weighted by Crippen LogP contribution is -2.19. The summed E-state index contributed by atoms with van der Waals surface area (Å²) in [5.74, 6) is -9.33. The smallest absolute Gasteiger partial charge is 0.195 e. The van der Waals surface area contributed by atoms with E-state index in [4.69, 9.17) is 23.2 Å². The molecule has 2 atom stereocenters. The lowest BCUT2D eigenvalue weighted by atomic mass is 10.1. The molecule has 0 saturated heterocycles. The molecule has 4 aromatic carbocycles. The van der Waals surface area contributed by atoms with Gasteiger partial charge in [-0.25, -0.2) is 34.8 Å². The van der Waals surface area contributed by atoms with Gasteiger partial charge in [0.2, 0.25) is 0 Å². The van der Waals surface area contributed by atoms with E-state index in [1.165, 1.54) is 48.5 Å². The van der Waals surface area contributed by atoms with Gasteiger partial charge >= 0.3 is 0 Å². The largest absolute Gasteiger partial charge is 0.227 e. The summed E-state index contributed by atoms with van der Waals surface area (Å²) >= 11 is 12.0. The van der Waals surface area contributed by atoms with E-state index >= 15 is 0 Å².